The van der Waals surface area contributed by atoms with Gasteiger partial charge in [-0.05, 0) is 19.1 Å². The van der Waals surface area contributed by atoms with Crippen molar-refractivity contribution in [2.45, 2.75) is 6.92 Å². The maximum absolute atomic E-state index is 5.37. The van der Waals surface area contributed by atoms with Crippen LogP contribution < -0.4 is 5.73 Å². The molecule has 0 bridgehead atoms. The van der Waals surface area contributed by atoms with E-state index >= 15 is 0 Å². The second-order valence-corrected chi connectivity index (χ2v) is 2.70. The molecule has 0 aromatic carbocycles. The molecule has 0 radical (unpaired) electrons. The fourth-order valence-corrected chi connectivity index (χ4v) is 1.16. The molecule has 0 aliphatic heterocycles. The smallest absolute Gasteiger partial charge is 0.292 e. The Bertz CT molecular complexity index is 422. The maximum atomic E-state index is 5.37. The van der Waals surface area contributed by atoms with Crippen LogP contribution in [0.15, 0.2) is 28.9 Å². The summed E-state index contributed by atoms with van der Waals surface area (Å²) in [6.07, 6.45) is 3.33. The van der Waals surface area contributed by atoms with Gasteiger partial charge in [-0.2, -0.15) is 0 Å². The molecule has 2 aromatic heterocycles. The van der Waals surface area contributed by atoms with Crippen LogP contribution in [0.4, 0.5) is 6.01 Å². The van der Waals surface area contributed by atoms with Gasteiger partial charge in [0.1, 0.15) is 0 Å². The fraction of sp³-hybridized carbons (Fsp3) is 0.111. The first kappa shape index (κ1) is 7.79. The summed E-state index contributed by atoms with van der Waals surface area (Å²) in [5.41, 5.74) is 7.19. The lowest BCUT2D eigenvalue weighted by atomic mass is 10.2. The monoisotopic (exact) mass is 175 g/mol. The highest BCUT2D eigenvalue weighted by Crippen LogP contribution is 2.22. The van der Waals surface area contributed by atoms with E-state index in [1.54, 1.807) is 12.4 Å². The van der Waals surface area contributed by atoms with Crippen LogP contribution in [0.5, 0.6) is 0 Å². The Kier molecular flexibility index (Phi) is 1.73. The van der Waals surface area contributed by atoms with Crippen molar-refractivity contribution < 1.29 is 4.42 Å². The van der Waals surface area contributed by atoms with Crippen molar-refractivity contribution in [2.75, 3.05) is 5.73 Å². The quantitative estimate of drug-likeness (QED) is 0.715. The number of hydrogen-bond donors (Lipinski definition) is 1. The summed E-state index contributed by atoms with van der Waals surface area (Å²) in [5, 5.41) is 0. The van der Waals surface area contributed by atoms with Crippen LogP contribution >= 0.6 is 0 Å². The summed E-state index contributed by atoms with van der Waals surface area (Å²) in [5.74, 6) is 0.656. The van der Waals surface area contributed by atoms with Crippen molar-refractivity contribution in [3.63, 3.8) is 0 Å². The molecule has 0 saturated heterocycles. The van der Waals surface area contributed by atoms with Gasteiger partial charge in [0, 0.05) is 17.5 Å². The van der Waals surface area contributed by atoms with Crippen LogP contribution in [0.25, 0.3) is 11.3 Å². The van der Waals surface area contributed by atoms with Crippen LogP contribution in [0, 0.1) is 6.92 Å². The minimum absolute atomic E-state index is 0.179. The van der Waals surface area contributed by atoms with Crippen molar-refractivity contribution >= 4 is 6.01 Å². The van der Waals surface area contributed by atoms with Gasteiger partial charge in [-0.25, -0.2) is 4.98 Å². The van der Waals surface area contributed by atoms with E-state index in [1.165, 1.54) is 0 Å². The average molecular weight is 175 g/mol. The predicted molar refractivity (Wildman–Crippen MR) is 48.9 cm³/mol. The minimum Gasteiger partial charge on any atom is -0.424 e. The molecule has 0 spiro atoms. The Morgan fingerprint density at radius 1 is 1.38 bits per heavy atom. The molecule has 0 aliphatic rings. The number of oxazole rings is 1. The van der Waals surface area contributed by atoms with Crippen molar-refractivity contribution in [2.24, 2.45) is 0 Å². The third-order valence-corrected chi connectivity index (χ3v) is 1.80. The second-order valence-electron chi connectivity index (χ2n) is 2.70. The van der Waals surface area contributed by atoms with E-state index in [2.05, 4.69) is 9.97 Å². The van der Waals surface area contributed by atoms with E-state index in [0.29, 0.717) is 5.76 Å². The van der Waals surface area contributed by atoms with Gasteiger partial charge in [0.15, 0.2) is 5.76 Å². The fourth-order valence-electron chi connectivity index (χ4n) is 1.16. The Hall–Kier alpha value is -1.84. The average Bonchev–Trinajstić information content (AvgIpc) is 2.53. The molecule has 4 heteroatoms. The molecule has 2 N–H and O–H groups in total. The number of nitrogens with zero attached hydrogens (tertiary/aromatic N) is 2. The molecule has 2 rings (SSSR count). The first-order valence-corrected chi connectivity index (χ1v) is 3.90. The summed E-state index contributed by atoms with van der Waals surface area (Å²) in [4.78, 5) is 7.95. The van der Waals surface area contributed by atoms with Gasteiger partial charge in [-0.15, -0.1) is 0 Å². The number of nitrogens with two attached hydrogens (primary N) is 1. The van der Waals surface area contributed by atoms with Crippen molar-refractivity contribution in [1.29, 1.82) is 0 Å². The predicted octanol–water partition coefficient (Wildman–Crippen LogP) is 1.63. The molecule has 13 heavy (non-hydrogen) atoms. The Morgan fingerprint density at radius 2 is 2.23 bits per heavy atom. The molecule has 0 aliphatic carbocycles. The van der Waals surface area contributed by atoms with Gasteiger partial charge in [0.2, 0.25) is 0 Å². The third kappa shape index (κ3) is 1.38. The number of rotatable bonds is 1. The molecule has 0 amide bonds. The topological polar surface area (TPSA) is 64.9 Å². The zero-order chi connectivity index (χ0) is 9.26. The standard InChI is InChI=1S/C9H9N3O/c1-6-7(3-2-4-11-6)8-5-12-9(10)13-8/h2-5H,1H3,(H2,10,12). The summed E-state index contributed by atoms with van der Waals surface area (Å²) < 4.78 is 5.18. The number of anilines is 1. The molecule has 0 atom stereocenters. The molecule has 0 fully saturated rings. The van der Waals surface area contributed by atoms with Crippen LogP contribution in [0.1, 0.15) is 5.69 Å². The number of aryl methyl sites for hydroxylation is 1. The van der Waals surface area contributed by atoms with E-state index in [4.69, 9.17) is 10.2 Å². The highest BCUT2D eigenvalue weighted by Gasteiger charge is 2.06. The first-order valence-electron chi connectivity index (χ1n) is 3.90. The molecular weight excluding hydrogens is 166 g/mol. The maximum Gasteiger partial charge on any atom is 0.292 e. The summed E-state index contributed by atoms with van der Waals surface area (Å²) in [6, 6.07) is 3.95. The molecule has 2 heterocycles. The lowest BCUT2D eigenvalue weighted by Gasteiger charge is -1.98. The Balaban J connectivity index is 2.52. The van der Waals surface area contributed by atoms with Crippen molar-refractivity contribution in [3.8, 4) is 11.3 Å². The van der Waals surface area contributed by atoms with E-state index in [0.717, 1.165) is 11.3 Å². The van der Waals surface area contributed by atoms with Crippen molar-refractivity contribution in [1.82, 2.24) is 9.97 Å². The second kappa shape index (κ2) is 2.90. The van der Waals surface area contributed by atoms with Crippen LogP contribution in [0.3, 0.4) is 0 Å². The first-order chi connectivity index (χ1) is 6.27. The van der Waals surface area contributed by atoms with Gasteiger partial charge < -0.3 is 10.2 Å². The SMILES string of the molecule is Cc1ncccc1-c1cnc(N)o1. The van der Waals surface area contributed by atoms with E-state index in [-0.39, 0.29) is 6.01 Å². The van der Waals surface area contributed by atoms with Crippen LogP contribution in [-0.2, 0) is 0 Å². The number of aromatic nitrogens is 2. The van der Waals surface area contributed by atoms with E-state index < -0.39 is 0 Å². The highest BCUT2D eigenvalue weighted by molar-refractivity contribution is 5.59. The van der Waals surface area contributed by atoms with Crippen molar-refractivity contribution in [3.05, 3.63) is 30.2 Å². The molecular formula is C9H9N3O. The summed E-state index contributed by atoms with van der Waals surface area (Å²) in [6.45, 7) is 1.91. The zero-order valence-electron chi connectivity index (χ0n) is 7.19. The molecule has 4 nitrogen and oxygen atoms in total. The van der Waals surface area contributed by atoms with Gasteiger partial charge in [0.25, 0.3) is 6.01 Å². The highest BCUT2D eigenvalue weighted by atomic mass is 16.4. The molecule has 0 unspecified atom stereocenters. The van der Waals surface area contributed by atoms with Gasteiger partial charge in [-0.3, -0.25) is 4.98 Å². The molecule has 0 saturated carbocycles. The number of pyridine rings is 1. The molecule has 2 aromatic rings. The van der Waals surface area contributed by atoms with Crippen LogP contribution in [-0.4, -0.2) is 9.97 Å². The normalized spacial score (nSPS) is 10.2. The molecule has 66 valence electrons. The minimum atomic E-state index is 0.179. The van der Waals surface area contributed by atoms with Gasteiger partial charge in [-0.1, -0.05) is 0 Å². The Morgan fingerprint density at radius 3 is 2.85 bits per heavy atom. The van der Waals surface area contributed by atoms with Gasteiger partial charge >= 0.3 is 0 Å². The summed E-state index contributed by atoms with van der Waals surface area (Å²) in [7, 11) is 0. The summed E-state index contributed by atoms with van der Waals surface area (Å²) >= 11 is 0. The van der Waals surface area contributed by atoms with E-state index in [1.807, 2.05) is 19.1 Å². The largest absolute Gasteiger partial charge is 0.424 e. The lowest BCUT2D eigenvalue weighted by Crippen LogP contribution is -1.84. The number of hydrogen-bond acceptors (Lipinski definition) is 4. The van der Waals surface area contributed by atoms with Crippen LogP contribution in [0.2, 0.25) is 0 Å². The lowest BCUT2D eigenvalue weighted by molar-refractivity contribution is 0.594. The zero-order valence-corrected chi connectivity index (χ0v) is 7.19. The van der Waals surface area contributed by atoms with Gasteiger partial charge in [0.05, 0.1) is 6.20 Å². The number of nitrogen functional groups attached to an aromatic ring is 1. The third-order valence-electron chi connectivity index (χ3n) is 1.80. The van der Waals surface area contributed by atoms with E-state index in [9.17, 15) is 0 Å². The Labute approximate surface area is 75.4 Å².